The minimum Gasteiger partial charge on any atom is -0.453 e. The zero-order valence-corrected chi connectivity index (χ0v) is 36.8. The summed E-state index contributed by atoms with van der Waals surface area (Å²) >= 11 is 6.43. The van der Waals surface area contributed by atoms with Crippen LogP contribution in [-0.4, -0.2) is 51.7 Å². The van der Waals surface area contributed by atoms with E-state index in [0.717, 1.165) is 37.8 Å². The first-order chi connectivity index (χ1) is 29.2. The number of nitrogens with one attached hydrogen (secondary N) is 1. The summed E-state index contributed by atoms with van der Waals surface area (Å²) in [6, 6.07) is 15.3. The second kappa shape index (κ2) is 14.1. The van der Waals surface area contributed by atoms with Crippen LogP contribution in [0.1, 0.15) is 108 Å². The summed E-state index contributed by atoms with van der Waals surface area (Å²) in [5.41, 5.74) is -2.99. The molecule has 12 rings (SSSR count). The van der Waals surface area contributed by atoms with Crippen molar-refractivity contribution in [2.75, 3.05) is 18.4 Å². The molecule has 1 aromatic heterocycles. The van der Waals surface area contributed by atoms with Gasteiger partial charge in [-0.25, -0.2) is 4.79 Å². The molecule has 0 aliphatic heterocycles. The second-order valence-corrected chi connectivity index (χ2v) is 21.8. The maximum atomic E-state index is 15.3. The molecule has 6 saturated carbocycles. The highest BCUT2D eigenvalue weighted by Crippen LogP contribution is 2.78. The number of hydrogen-bond acceptors (Lipinski definition) is 5. The van der Waals surface area contributed by atoms with E-state index in [1.165, 1.54) is 24.6 Å². The number of urea groups is 1. The lowest BCUT2D eigenvalue weighted by molar-refractivity contribution is -0.176. The number of halogens is 4. The van der Waals surface area contributed by atoms with Crippen LogP contribution in [0.5, 0.6) is 0 Å². The molecule has 3 N–H and O–H groups in total. The van der Waals surface area contributed by atoms with Gasteiger partial charge in [0, 0.05) is 39.6 Å². The van der Waals surface area contributed by atoms with E-state index in [4.69, 9.17) is 16.0 Å². The molecule has 0 saturated heterocycles. The Labute approximate surface area is 367 Å². The van der Waals surface area contributed by atoms with E-state index in [-0.39, 0.29) is 63.1 Å². The van der Waals surface area contributed by atoms with Crippen molar-refractivity contribution in [1.82, 2.24) is 4.90 Å². The van der Waals surface area contributed by atoms with Crippen LogP contribution in [0.15, 0.2) is 88.9 Å². The first kappa shape index (κ1) is 42.1. The van der Waals surface area contributed by atoms with Crippen LogP contribution in [0.2, 0.25) is 5.02 Å². The molecule has 330 valence electrons. The normalized spacial score (nSPS) is 38.6. The quantitative estimate of drug-likeness (QED) is 0.155. The SMILES string of the molecule is CC1(C)C2CCC(CN(CC3(O)CCC4C56C=CC7(C=C5C(=O)c5ccc(-c8cc(C(F)(F)F)ccc8Cl)o5)CC(O)CCC7(C)C6CCC43C)C(=O)Nc3ccccc3)C1C2. The van der Waals surface area contributed by atoms with Crippen LogP contribution in [-0.2, 0) is 6.18 Å². The summed E-state index contributed by atoms with van der Waals surface area (Å²) in [6.07, 6.45) is 9.23. The largest absolute Gasteiger partial charge is 0.453 e. The Morgan fingerprint density at radius 1 is 0.903 bits per heavy atom. The number of para-hydroxylation sites is 1. The third kappa shape index (κ3) is 5.97. The van der Waals surface area contributed by atoms with Crippen molar-refractivity contribution in [2.45, 2.75) is 110 Å². The number of nitrogens with zero attached hydrogens (tertiary/aromatic N) is 1. The standard InChI is InChI=1S/C51H58ClF3N2O5/c1-45(2)31-11-10-30(36(45)25-31)28-57(44(60)56-33-8-6-5-7-9-33)29-49(61)21-18-42-47(49,4)20-17-41-46(3)19-16-34(58)26-48(46)22-23-50(41,42)37(27-48)43(59)40-15-14-39(62-40)35-24-32(51(53,54)55)12-13-38(35)52/h5-9,12-15,22-24,27,30-31,34,36,41-42,58,61H,10-11,16-21,25-26,28-29H2,1-4H3,(H,56,60). The van der Waals surface area contributed by atoms with E-state index in [1.54, 1.807) is 0 Å². The Morgan fingerprint density at radius 3 is 2.35 bits per heavy atom. The lowest BCUT2D eigenvalue weighted by atomic mass is 9.32. The average Bonchev–Trinajstić information content (AvgIpc) is 3.83. The molecule has 2 amide bonds. The van der Waals surface area contributed by atoms with E-state index in [9.17, 15) is 28.2 Å². The Morgan fingerprint density at radius 2 is 1.63 bits per heavy atom. The van der Waals surface area contributed by atoms with Crippen molar-refractivity contribution in [3.63, 3.8) is 0 Å². The van der Waals surface area contributed by atoms with Gasteiger partial charge in [-0.15, -0.1) is 0 Å². The van der Waals surface area contributed by atoms with Gasteiger partial charge in [0.05, 0.1) is 28.8 Å². The monoisotopic (exact) mass is 870 g/mol. The molecule has 9 aliphatic rings. The number of aliphatic hydroxyl groups excluding tert-OH is 1. The molecule has 2 aromatic carbocycles. The molecule has 4 bridgehead atoms. The molecule has 62 heavy (non-hydrogen) atoms. The number of furan rings is 1. The van der Waals surface area contributed by atoms with Gasteiger partial charge in [0.25, 0.3) is 0 Å². The smallest absolute Gasteiger partial charge is 0.416 e. The Balaban J connectivity index is 1.02. The predicted octanol–water partition coefficient (Wildman–Crippen LogP) is 12.0. The fourth-order valence-corrected chi connectivity index (χ4v) is 15.2. The first-order valence-electron chi connectivity index (χ1n) is 22.7. The molecular formula is C51H58ClF3N2O5. The molecule has 11 heteroatoms. The molecule has 11 unspecified atom stereocenters. The Bertz CT molecular complexity index is 2370. The summed E-state index contributed by atoms with van der Waals surface area (Å²) in [6.45, 7) is 9.93. The number of amides is 2. The molecular weight excluding hydrogens is 813 g/mol. The molecule has 11 atom stereocenters. The second-order valence-electron chi connectivity index (χ2n) is 21.4. The number of carbonyl (C=O) groups is 2. The van der Waals surface area contributed by atoms with Gasteiger partial charge in [-0.3, -0.25) is 4.79 Å². The summed E-state index contributed by atoms with van der Waals surface area (Å²) < 4.78 is 47.5. The molecule has 7 nitrogen and oxygen atoms in total. The van der Waals surface area contributed by atoms with Gasteiger partial charge >= 0.3 is 12.2 Å². The van der Waals surface area contributed by atoms with Crippen LogP contribution < -0.4 is 5.32 Å². The van der Waals surface area contributed by atoms with Crippen LogP contribution in [0.3, 0.4) is 0 Å². The fourth-order valence-electron chi connectivity index (χ4n) is 14.9. The van der Waals surface area contributed by atoms with Gasteiger partial charge in [0.15, 0.2) is 5.76 Å². The highest BCUT2D eigenvalue weighted by Gasteiger charge is 2.75. The fraction of sp³-hybridized carbons (Fsp3) is 0.569. The number of rotatable bonds is 8. The number of anilines is 1. The number of aliphatic hydroxyl groups is 2. The Hall–Kier alpha value is -3.86. The van der Waals surface area contributed by atoms with Crippen molar-refractivity contribution in [2.24, 2.45) is 56.7 Å². The van der Waals surface area contributed by atoms with Crippen molar-refractivity contribution in [3.05, 3.63) is 101 Å². The summed E-state index contributed by atoms with van der Waals surface area (Å²) in [4.78, 5) is 31.6. The maximum absolute atomic E-state index is 15.3. The number of carbonyl (C=O) groups excluding carboxylic acids is 2. The highest BCUT2D eigenvalue weighted by atomic mass is 35.5. The van der Waals surface area contributed by atoms with Gasteiger partial charge in [-0.2, -0.15) is 13.2 Å². The molecule has 6 fully saturated rings. The molecule has 2 spiro atoms. The number of hydrogen-bond donors (Lipinski definition) is 3. The number of benzene rings is 2. The number of allylic oxidation sites excluding steroid dienone is 4. The van der Waals surface area contributed by atoms with Gasteiger partial charge in [-0.1, -0.05) is 75.7 Å². The van der Waals surface area contributed by atoms with Crippen LogP contribution in [0.25, 0.3) is 11.3 Å². The van der Waals surface area contributed by atoms with Crippen molar-refractivity contribution < 1.29 is 37.4 Å². The minimum atomic E-state index is -4.60. The van der Waals surface area contributed by atoms with E-state index in [0.29, 0.717) is 67.7 Å². The molecule has 9 aliphatic carbocycles. The number of alkyl halides is 3. The van der Waals surface area contributed by atoms with E-state index in [1.807, 2.05) is 35.2 Å². The van der Waals surface area contributed by atoms with Crippen molar-refractivity contribution in [1.29, 1.82) is 0 Å². The lowest BCUT2D eigenvalue weighted by Crippen LogP contribution is -2.67. The molecule has 0 radical (unpaired) electrons. The zero-order chi connectivity index (χ0) is 43.8. The predicted molar refractivity (Wildman–Crippen MR) is 232 cm³/mol. The van der Waals surface area contributed by atoms with Crippen LogP contribution >= 0.6 is 11.6 Å². The van der Waals surface area contributed by atoms with Crippen LogP contribution in [0, 0.1) is 56.7 Å². The third-order valence-corrected chi connectivity index (χ3v) is 18.9. The molecule has 1 heterocycles. The lowest BCUT2D eigenvalue weighted by Gasteiger charge is -2.71. The first-order valence-corrected chi connectivity index (χ1v) is 23.1. The topological polar surface area (TPSA) is 103 Å². The van der Waals surface area contributed by atoms with E-state index >= 15 is 4.79 Å². The average molecular weight is 871 g/mol. The maximum Gasteiger partial charge on any atom is 0.416 e. The third-order valence-electron chi connectivity index (χ3n) is 18.6. The summed E-state index contributed by atoms with van der Waals surface area (Å²) in [5, 5.41) is 27.7. The highest BCUT2D eigenvalue weighted by molar-refractivity contribution is 6.33. The molecule has 3 aromatic rings. The summed E-state index contributed by atoms with van der Waals surface area (Å²) in [5.74, 6) is 1.09. The zero-order valence-electron chi connectivity index (χ0n) is 36.0. The van der Waals surface area contributed by atoms with Crippen molar-refractivity contribution >= 4 is 29.1 Å². The van der Waals surface area contributed by atoms with Gasteiger partial charge < -0.3 is 24.8 Å². The number of fused-ring (bicyclic) bond motifs is 3. The van der Waals surface area contributed by atoms with E-state index in [2.05, 4.69) is 51.2 Å². The van der Waals surface area contributed by atoms with Gasteiger partial charge in [0.2, 0.25) is 5.78 Å². The van der Waals surface area contributed by atoms with Gasteiger partial charge in [0.1, 0.15) is 5.76 Å². The van der Waals surface area contributed by atoms with Gasteiger partial charge in [-0.05, 0) is 147 Å². The minimum absolute atomic E-state index is 0.00111. The van der Waals surface area contributed by atoms with Crippen LogP contribution in [0.4, 0.5) is 23.7 Å². The van der Waals surface area contributed by atoms with Crippen molar-refractivity contribution in [3.8, 4) is 11.3 Å². The number of Topliss-reactive ketones (excluding diaryl/α,β-unsaturated/α-hetero) is 1. The number of ketones is 1. The van der Waals surface area contributed by atoms with E-state index < -0.39 is 39.7 Å². The Kier molecular flexibility index (Phi) is 9.56. The summed E-state index contributed by atoms with van der Waals surface area (Å²) in [7, 11) is 0.